The normalized spacial score (nSPS) is 9.93. The highest BCUT2D eigenvalue weighted by atomic mass is 16.5. The van der Waals surface area contributed by atoms with Crippen LogP contribution in [0.1, 0.15) is 13.3 Å². The van der Waals surface area contributed by atoms with Gasteiger partial charge in [0.2, 0.25) is 5.91 Å². The molecule has 0 fully saturated rings. The predicted molar refractivity (Wildman–Crippen MR) is 58.4 cm³/mol. The lowest BCUT2D eigenvalue weighted by molar-refractivity contribution is -0.120. The first-order valence-electron chi connectivity index (χ1n) is 4.81. The molecule has 5 heteroatoms. The van der Waals surface area contributed by atoms with E-state index in [1.807, 2.05) is 6.92 Å². The average Bonchev–Trinajstić information content (AvgIpc) is 2.22. The molecule has 1 aromatic heterocycles. The Balaban J connectivity index is 2.34. The van der Waals surface area contributed by atoms with Gasteiger partial charge in [0.05, 0.1) is 11.9 Å². The maximum atomic E-state index is 11.3. The van der Waals surface area contributed by atoms with Gasteiger partial charge < -0.3 is 15.8 Å². The summed E-state index contributed by atoms with van der Waals surface area (Å²) >= 11 is 0. The Morgan fingerprint density at radius 2 is 2.40 bits per heavy atom. The Kier molecular flexibility index (Phi) is 4.56. The number of pyridine rings is 1. The van der Waals surface area contributed by atoms with E-state index in [1.54, 1.807) is 12.1 Å². The molecule has 0 bridgehead atoms. The number of aromatic nitrogens is 1. The van der Waals surface area contributed by atoms with E-state index in [1.165, 1.54) is 6.20 Å². The number of rotatable bonds is 5. The van der Waals surface area contributed by atoms with Gasteiger partial charge in [-0.2, -0.15) is 0 Å². The Bertz CT molecular complexity index is 311. The van der Waals surface area contributed by atoms with Crippen LogP contribution in [-0.4, -0.2) is 24.1 Å². The van der Waals surface area contributed by atoms with Gasteiger partial charge in [-0.15, -0.1) is 0 Å². The van der Waals surface area contributed by atoms with Crippen molar-refractivity contribution < 1.29 is 9.53 Å². The second-order valence-corrected chi connectivity index (χ2v) is 3.07. The molecule has 1 rings (SSSR count). The van der Waals surface area contributed by atoms with Crippen molar-refractivity contribution in [3.63, 3.8) is 0 Å². The summed E-state index contributed by atoms with van der Waals surface area (Å²) in [7, 11) is 0. The van der Waals surface area contributed by atoms with E-state index in [4.69, 9.17) is 10.5 Å². The maximum Gasteiger partial charge on any atom is 0.250 e. The Morgan fingerprint density at radius 1 is 1.60 bits per heavy atom. The molecule has 0 aliphatic rings. The maximum absolute atomic E-state index is 11.3. The van der Waals surface area contributed by atoms with Crippen LogP contribution < -0.4 is 11.1 Å². The molecule has 0 aliphatic heterocycles. The fourth-order valence-electron chi connectivity index (χ4n) is 0.986. The van der Waals surface area contributed by atoms with Gasteiger partial charge in [-0.1, -0.05) is 6.92 Å². The van der Waals surface area contributed by atoms with Gasteiger partial charge in [0.25, 0.3) is 0 Å². The number of ether oxygens (including phenoxy) is 1. The molecule has 1 amide bonds. The zero-order valence-electron chi connectivity index (χ0n) is 8.69. The largest absolute Gasteiger partial charge is 0.384 e. The van der Waals surface area contributed by atoms with Crippen LogP contribution in [-0.2, 0) is 9.53 Å². The highest BCUT2D eigenvalue weighted by molar-refractivity contribution is 5.91. The quantitative estimate of drug-likeness (QED) is 0.710. The predicted octanol–water partition coefficient (Wildman–Crippen LogP) is 1.03. The third-order valence-electron chi connectivity index (χ3n) is 1.65. The van der Waals surface area contributed by atoms with Crippen LogP contribution in [0.4, 0.5) is 11.5 Å². The number of carbonyl (C=O) groups is 1. The summed E-state index contributed by atoms with van der Waals surface area (Å²) < 4.78 is 5.08. The molecule has 3 N–H and O–H groups in total. The van der Waals surface area contributed by atoms with Gasteiger partial charge in [-0.3, -0.25) is 4.79 Å². The number of carbonyl (C=O) groups excluding carboxylic acids is 1. The first-order valence-corrected chi connectivity index (χ1v) is 4.81. The van der Waals surface area contributed by atoms with E-state index < -0.39 is 0 Å². The van der Waals surface area contributed by atoms with Crippen molar-refractivity contribution in [1.29, 1.82) is 0 Å². The second-order valence-electron chi connectivity index (χ2n) is 3.07. The van der Waals surface area contributed by atoms with Crippen molar-refractivity contribution in [2.45, 2.75) is 13.3 Å². The monoisotopic (exact) mass is 209 g/mol. The summed E-state index contributed by atoms with van der Waals surface area (Å²) in [5.74, 6) is 0.241. The summed E-state index contributed by atoms with van der Waals surface area (Å²) in [5, 5.41) is 2.65. The molecule has 0 aliphatic carbocycles. The smallest absolute Gasteiger partial charge is 0.250 e. The van der Waals surface area contributed by atoms with E-state index in [-0.39, 0.29) is 12.5 Å². The number of nitrogens with two attached hydrogens (primary N) is 1. The molecule has 0 atom stereocenters. The van der Waals surface area contributed by atoms with Gasteiger partial charge in [0, 0.05) is 6.61 Å². The number of nitrogens with one attached hydrogen (secondary N) is 1. The molecule has 1 aromatic rings. The highest BCUT2D eigenvalue weighted by Gasteiger charge is 2.01. The van der Waals surface area contributed by atoms with Crippen molar-refractivity contribution in [2.24, 2.45) is 0 Å². The summed E-state index contributed by atoms with van der Waals surface area (Å²) in [5.41, 5.74) is 6.03. The van der Waals surface area contributed by atoms with Crippen LogP contribution in [0.5, 0.6) is 0 Å². The molecular formula is C10H15N3O2. The fraction of sp³-hybridized carbons (Fsp3) is 0.400. The number of anilines is 2. The molecule has 5 nitrogen and oxygen atoms in total. The van der Waals surface area contributed by atoms with Gasteiger partial charge >= 0.3 is 0 Å². The first kappa shape index (κ1) is 11.5. The molecule has 1 heterocycles. The third-order valence-corrected chi connectivity index (χ3v) is 1.65. The SMILES string of the molecule is CCCOCC(=O)Nc1ccc(N)nc1. The first-order chi connectivity index (χ1) is 7.22. The molecule has 0 unspecified atom stereocenters. The zero-order chi connectivity index (χ0) is 11.1. The molecule has 0 saturated carbocycles. The van der Waals surface area contributed by atoms with E-state index in [2.05, 4.69) is 10.3 Å². The Labute approximate surface area is 88.6 Å². The van der Waals surface area contributed by atoms with Crippen LogP contribution in [0.25, 0.3) is 0 Å². The van der Waals surface area contributed by atoms with Crippen LogP contribution in [0.3, 0.4) is 0 Å². The molecule has 82 valence electrons. The molecule has 0 spiro atoms. The highest BCUT2D eigenvalue weighted by Crippen LogP contribution is 2.06. The van der Waals surface area contributed by atoms with Crippen molar-refractivity contribution >= 4 is 17.4 Å². The van der Waals surface area contributed by atoms with E-state index in [0.717, 1.165) is 6.42 Å². The minimum absolute atomic E-state index is 0.0677. The van der Waals surface area contributed by atoms with Gasteiger partial charge in [0.1, 0.15) is 12.4 Å². The van der Waals surface area contributed by atoms with Crippen LogP contribution in [0.2, 0.25) is 0 Å². The van der Waals surface area contributed by atoms with Crippen LogP contribution in [0.15, 0.2) is 18.3 Å². The Hall–Kier alpha value is -1.62. The molecule has 0 aromatic carbocycles. The number of hydrogen-bond donors (Lipinski definition) is 2. The minimum atomic E-state index is -0.185. The number of hydrogen-bond acceptors (Lipinski definition) is 4. The van der Waals surface area contributed by atoms with Crippen molar-refractivity contribution in [3.8, 4) is 0 Å². The lowest BCUT2D eigenvalue weighted by atomic mass is 10.4. The second kappa shape index (κ2) is 5.98. The summed E-state index contributed by atoms with van der Waals surface area (Å²) in [4.78, 5) is 15.1. The van der Waals surface area contributed by atoms with Crippen LogP contribution >= 0.6 is 0 Å². The van der Waals surface area contributed by atoms with Gasteiger partial charge in [0.15, 0.2) is 0 Å². The van der Waals surface area contributed by atoms with Gasteiger partial charge in [-0.05, 0) is 18.6 Å². The van der Waals surface area contributed by atoms with E-state index in [0.29, 0.717) is 18.1 Å². The standard InChI is InChI=1S/C10H15N3O2/c1-2-5-15-7-10(14)13-8-3-4-9(11)12-6-8/h3-4,6H,2,5,7H2,1H3,(H2,11,12)(H,13,14). The lowest BCUT2D eigenvalue weighted by Crippen LogP contribution is -2.18. The summed E-state index contributed by atoms with van der Waals surface area (Å²) in [6.45, 7) is 2.65. The van der Waals surface area contributed by atoms with Crippen LogP contribution in [0, 0.1) is 0 Å². The zero-order valence-corrected chi connectivity index (χ0v) is 8.69. The summed E-state index contributed by atoms with van der Waals surface area (Å²) in [6.07, 6.45) is 2.41. The topological polar surface area (TPSA) is 77.2 Å². The van der Waals surface area contributed by atoms with Crippen molar-refractivity contribution in [3.05, 3.63) is 18.3 Å². The Morgan fingerprint density at radius 3 is 3.00 bits per heavy atom. The minimum Gasteiger partial charge on any atom is -0.384 e. The number of nitrogens with zero attached hydrogens (tertiary/aromatic N) is 1. The molecular weight excluding hydrogens is 194 g/mol. The number of nitrogen functional groups attached to an aromatic ring is 1. The van der Waals surface area contributed by atoms with E-state index >= 15 is 0 Å². The molecule has 0 saturated heterocycles. The van der Waals surface area contributed by atoms with E-state index in [9.17, 15) is 4.79 Å². The molecule has 0 radical (unpaired) electrons. The lowest BCUT2D eigenvalue weighted by Gasteiger charge is -2.05. The fourth-order valence-corrected chi connectivity index (χ4v) is 0.986. The van der Waals surface area contributed by atoms with Gasteiger partial charge in [-0.25, -0.2) is 4.98 Å². The van der Waals surface area contributed by atoms with Crippen molar-refractivity contribution in [1.82, 2.24) is 4.98 Å². The average molecular weight is 209 g/mol. The summed E-state index contributed by atoms with van der Waals surface area (Å²) in [6, 6.07) is 3.32. The third kappa shape index (κ3) is 4.42. The molecule has 15 heavy (non-hydrogen) atoms. The van der Waals surface area contributed by atoms with Crippen molar-refractivity contribution in [2.75, 3.05) is 24.3 Å². The number of amides is 1.